The number of aliphatic hydroxyl groups is 1. The minimum atomic E-state index is -1.40. The zero-order chi connectivity index (χ0) is 11.3. The first-order valence-corrected chi connectivity index (χ1v) is 5.23. The number of hydrogen-bond donors (Lipinski definition) is 1. The van der Waals surface area contributed by atoms with E-state index in [0.717, 1.165) is 0 Å². The quantitative estimate of drug-likeness (QED) is 0.695. The van der Waals surface area contributed by atoms with Crippen LogP contribution in [0.4, 0.5) is 0 Å². The Labute approximate surface area is 92.7 Å². The Morgan fingerprint density at radius 1 is 1.50 bits per heavy atom. The minimum absolute atomic E-state index is 0.171. The van der Waals surface area contributed by atoms with Crippen molar-refractivity contribution in [3.8, 4) is 6.07 Å². The monoisotopic (exact) mass is 214 g/mol. The van der Waals surface area contributed by atoms with Gasteiger partial charge in [0.15, 0.2) is 5.72 Å². The van der Waals surface area contributed by atoms with Crippen LogP contribution in [-0.2, 0) is 5.72 Å². The fourth-order valence-corrected chi connectivity index (χ4v) is 2.70. The van der Waals surface area contributed by atoms with Crippen molar-refractivity contribution < 1.29 is 9.90 Å². The molecule has 80 valence electrons. The molecule has 1 amide bonds. The van der Waals surface area contributed by atoms with Crippen molar-refractivity contribution in [1.29, 1.82) is 5.26 Å². The first kappa shape index (κ1) is 9.37. The highest BCUT2D eigenvalue weighted by Crippen LogP contribution is 2.47. The zero-order valence-corrected chi connectivity index (χ0v) is 8.55. The highest BCUT2D eigenvalue weighted by molar-refractivity contribution is 6.00. The number of nitriles is 1. The number of hydrogen-bond acceptors (Lipinski definition) is 3. The van der Waals surface area contributed by atoms with E-state index in [9.17, 15) is 9.90 Å². The molecule has 0 spiro atoms. The second kappa shape index (κ2) is 2.83. The van der Waals surface area contributed by atoms with Crippen LogP contribution in [0.1, 0.15) is 22.3 Å². The van der Waals surface area contributed by atoms with Gasteiger partial charge in [-0.05, 0) is 12.5 Å². The van der Waals surface area contributed by atoms with Crippen LogP contribution in [0.15, 0.2) is 24.3 Å². The third-order valence-corrected chi connectivity index (χ3v) is 3.49. The van der Waals surface area contributed by atoms with Crippen LogP contribution in [0.25, 0.3) is 0 Å². The number of rotatable bonds is 0. The molecule has 4 heteroatoms. The topological polar surface area (TPSA) is 64.3 Å². The van der Waals surface area contributed by atoms with Gasteiger partial charge in [-0.25, -0.2) is 0 Å². The molecule has 0 bridgehead atoms. The van der Waals surface area contributed by atoms with Gasteiger partial charge in [0.2, 0.25) is 0 Å². The third-order valence-electron chi connectivity index (χ3n) is 3.49. The molecule has 0 aromatic heterocycles. The maximum atomic E-state index is 12.0. The number of nitrogens with zero attached hydrogens (tertiary/aromatic N) is 2. The summed E-state index contributed by atoms with van der Waals surface area (Å²) in [6.45, 7) is 0.447. The summed E-state index contributed by atoms with van der Waals surface area (Å²) in [5, 5.41) is 19.6. The summed E-state index contributed by atoms with van der Waals surface area (Å²) in [7, 11) is 0. The van der Waals surface area contributed by atoms with Crippen molar-refractivity contribution in [1.82, 2.24) is 4.90 Å². The molecule has 0 unspecified atom stereocenters. The van der Waals surface area contributed by atoms with Crippen LogP contribution in [0, 0.1) is 17.2 Å². The van der Waals surface area contributed by atoms with Crippen LogP contribution in [0.2, 0.25) is 0 Å². The fourth-order valence-electron chi connectivity index (χ4n) is 2.70. The van der Waals surface area contributed by atoms with Gasteiger partial charge >= 0.3 is 0 Å². The van der Waals surface area contributed by atoms with E-state index in [0.29, 0.717) is 24.1 Å². The molecule has 4 nitrogen and oxygen atoms in total. The number of carbonyl (C=O) groups excluding carboxylic acids is 1. The Kier molecular flexibility index (Phi) is 1.66. The fraction of sp³-hybridized carbons (Fsp3) is 0.333. The Hall–Kier alpha value is -1.86. The Morgan fingerprint density at radius 3 is 3.00 bits per heavy atom. The minimum Gasteiger partial charge on any atom is -0.366 e. The molecule has 1 aromatic carbocycles. The first-order chi connectivity index (χ1) is 7.69. The lowest BCUT2D eigenvalue weighted by atomic mass is 9.90. The standard InChI is InChI=1S/C12H10N2O2/c13-7-8-5-6-14-11(15)9-3-1-2-4-10(9)12(8,14)16/h1-4,8,16H,5-6H2/t8-,12-/m1/s1. The van der Waals surface area contributed by atoms with Gasteiger partial charge in [-0.2, -0.15) is 5.26 Å². The van der Waals surface area contributed by atoms with E-state index in [-0.39, 0.29) is 5.91 Å². The molecule has 0 aliphatic carbocycles. The number of benzene rings is 1. The van der Waals surface area contributed by atoms with Crippen molar-refractivity contribution in [3.05, 3.63) is 35.4 Å². The predicted molar refractivity (Wildman–Crippen MR) is 55.1 cm³/mol. The van der Waals surface area contributed by atoms with Gasteiger partial charge in [0.05, 0.1) is 6.07 Å². The van der Waals surface area contributed by atoms with Crippen LogP contribution in [0.5, 0.6) is 0 Å². The lowest BCUT2D eigenvalue weighted by Gasteiger charge is -2.28. The molecule has 2 aliphatic heterocycles. The van der Waals surface area contributed by atoms with Crippen molar-refractivity contribution in [3.63, 3.8) is 0 Å². The number of fused-ring (bicyclic) bond motifs is 3. The molecule has 0 saturated carbocycles. The molecule has 2 aliphatic rings. The van der Waals surface area contributed by atoms with Crippen LogP contribution < -0.4 is 0 Å². The van der Waals surface area contributed by atoms with Crippen molar-refractivity contribution in [2.45, 2.75) is 12.1 Å². The lowest BCUT2D eigenvalue weighted by molar-refractivity contribution is -0.0764. The SMILES string of the molecule is N#C[C@H]1CCN2C(=O)c3ccccc3[C@]12O. The smallest absolute Gasteiger partial charge is 0.256 e. The maximum Gasteiger partial charge on any atom is 0.256 e. The van der Waals surface area contributed by atoms with E-state index in [4.69, 9.17) is 5.26 Å². The zero-order valence-electron chi connectivity index (χ0n) is 8.55. The summed E-state index contributed by atoms with van der Waals surface area (Å²) >= 11 is 0. The van der Waals surface area contributed by atoms with E-state index in [1.54, 1.807) is 24.3 Å². The van der Waals surface area contributed by atoms with Gasteiger partial charge in [0, 0.05) is 17.7 Å². The summed E-state index contributed by atoms with van der Waals surface area (Å²) in [4.78, 5) is 13.4. The summed E-state index contributed by atoms with van der Waals surface area (Å²) in [5.74, 6) is -0.698. The van der Waals surface area contributed by atoms with Gasteiger partial charge < -0.3 is 10.0 Å². The largest absolute Gasteiger partial charge is 0.366 e. The van der Waals surface area contributed by atoms with E-state index >= 15 is 0 Å². The molecule has 1 N–H and O–H groups in total. The van der Waals surface area contributed by atoms with Crippen LogP contribution >= 0.6 is 0 Å². The Bertz CT molecular complexity index is 520. The summed E-state index contributed by atoms with van der Waals surface area (Å²) < 4.78 is 0. The Balaban J connectivity index is 2.26. The van der Waals surface area contributed by atoms with Crippen molar-refractivity contribution in [2.75, 3.05) is 6.54 Å². The molecule has 1 fully saturated rings. The molecule has 3 rings (SSSR count). The van der Waals surface area contributed by atoms with Crippen LogP contribution in [-0.4, -0.2) is 22.5 Å². The maximum absolute atomic E-state index is 12.0. The second-order valence-corrected chi connectivity index (χ2v) is 4.20. The van der Waals surface area contributed by atoms with Gasteiger partial charge in [-0.1, -0.05) is 18.2 Å². The Morgan fingerprint density at radius 2 is 2.25 bits per heavy atom. The highest BCUT2D eigenvalue weighted by Gasteiger charge is 2.57. The third kappa shape index (κ3) is 0.848. The molecule has 0 radical (unpaired) electrons. The van der Waals surface area contributed by atoms with Gasteiger partial charge in [0.25, 0.3) is 5.91 Å². The van der Waals surface area contributed by atoms with E-state index in [1.165, 1.54) is 4.90 Å². The normalized spacial score (nSPS) is 31.1. The van der Waals surface area contributed by atoms with Gasteiger partial charge in [-0.3, -0.25) is 4.79 Å². The van der Waals surface area contributed by atoms with Gasteiger partial charge in [0.1, 0.15) is 5.92 Å². The lowest BCUT2D eigenvalue weighted by Crippen LogP contribution is -2.41. The average molecular weight is 214 g/mol. The number of amides is 1. The summed E-state index contributed by atoms with van der Waals surface area (Å²) in [6, 6.07) is 9.06. The highest BCUT2D eigenvalue weighted by atomic mass is 16.3. The predicted octanol–water partition coefficient (Wildman–Crippen LogP) is 0.831. The average Bonchev–Trinajstić information content (AvgIpc) is 2.75. The summed E-state index contributed by atoms with van der Waals surface area (Å²) in [6.07, 6.45) is 0.535. The van der Waals surface area contributed by atoms with Crippen molar-refractivity contribution >= 4 is 5.91 Å². The van der Waals surface area contributed by atoms with E-state index in [2.05, 4.69) is 6.07 Å². The van der Waals surface area contributed by atoms with Crippen LogP contribution in [0.3, 0.4) is 0 Å². The van der Waals surface area contributed by atoms with Gasteiger partial charge in [-0.15, -0.1) is 0 Å². The summed E-state index contributed by atoms with van der Waals surface area (Å²) in [5.41, 5.74) is -0.309. The number of carbonyl (C=O) groups is 1. The van der Waals surface area contributed by atoms with E-state index < -0.39 is 11.6 Å². The molecule has 2 atom stereocenters. The molecular weight excluding hydrogens is 204 g/mol. The first-order valence-electron chi connectivity index (χ1n) is 5.23. The molecule has 16 heavy (non-hydrogen) atoms. The second-order valence-electron chi connectivity index (χ2n) is 4.20. The molecule has 1 saturated heterocycles. The van der Waals surface area contributed by atoms with E-state index in [1.807, 2.05) is 0 Å². The molecule has 1 aromatic rings. The molecular formula is C12H10N2O2. The van der Waals surface area contributed by atoms with Crippen molar-refractivity contribution in [2.24, 2.45) is 5.92 Å². The molecule has 2 heterocycles.